The molecule has 0 aliphatic rings. The second kappa shape index (κ2) is 11.9. The molecule has 37 heavy (non-hydrogen) atoms. The number of methoxy groups -OCH3 is 2. The van der Waals surface area contributed by atoms with Gasteiger partial charge in [-0.2, -0.15) is 0 Å². The Morgan fingerprint density at radius 1 is 0.973 bits per heavy atom. The van der Waals surface area contributed by atoms with Gasteiger partial charge >= 0.3 is 5.97 Å². The summed E-state index contributed by atoms with van der Waals surface area (Å²) in [5.41, 5.74) is 3.78. The molecule has 0 atom stereocenters. The molecule has 190 valence electrons. The van der Waals surface area contributed by atoms with Crippen molar-refractivity contribution in [2.45, 2.75) is 11.6 Å². The molecule has 1 heterocycles. The maximum atomic E-state index is 12.5. The number of imidazole rings is 1. The maximum Gasteiger partial charge on any atom is 0.335 e. The van der Waals surface area contributed by atoms with Crippen molar-refractivity contribution >= 4 is 40.9 Å². The average Bonchev–Trinajstić information content (AvgIpc) is 3.34. The van der Waals surface area contributed by atoms with E-state index in [-0.39, 0.29) is 28.6 Å². The first-order valence-electron chi connectivity index (χ1n) is 11.2. The van der Waals surface area contributed by atoms with E-state index in [4.69, 9.17) is 31.2 Å². The van der Waals surface area contributed by atoms with Gasteiger partial charge in [-0.15, -0.1) is 0 Å². The Bertz CT molecular complexity index is 1340. The van der Waals surface area contributed by atoms with Crippen LogP contribution in [0.5, 0.6) is 11.5 Å². The van der Waals surface area contributed by atoms with E-state index < -0.39 is 5.97 Å². The number of H-pyrrole nitrogens is 1. The van der Waals surface area contributed by atoms with Gasteiger partial charge in [-0.25, -0.2) is 9.78 Å². The number of carbonyl (C=O) groups excluding carboxylic acids is 1. The van der Waals surface area contributed by atoms with Gasteiger partial charge < -0.3 is 24.9 Å². The minimum atomic E-state index is -1.10. The third kappa shape index (κ3) is 6.44. The zero-order valence-electron chi connectivity index (χ0n) is 20.1. The topological polar surface area (TPSA) is 114 Å². The molecule has 0 radical (unpaired) electrons. The number of carbonyl (C=O) groups is 2. The Labute approximate surface area is 223 Å². The number of ether oxygens (including phenoxy) is 2. The molecule has 3 N–H and O–H groups in total. The fraction of sp³-hybridized carbons (Fsp3) is 0.148. The first kappa shape index (κ1) is 26.1. The van der Waals surface area contributed by atoms with Crippen LogP contribution in [0.25, 0.3) is 22.5 Å². The number of aromatic carboxylic acids is 1. The molecule has 0 unspecified atom stereocenters. The van der Waals surface area contributed by atoms with E-state index >= 15 is 0 Å². The molecular formula is C27H24ClN3O5S. The van der Waals surface area contributed by atoms with E-state index in [9.17, 15) is 9.59 Å². The highest BCUT2D eigenvalue weighted by atomic mass is 35.5. The van der Waals surface area contributed by atoms with Crippen LogP contribution in [0.3, 0.4) is 0 Å². The number of carboxylic acids is 1. The summed E-state index contributed by atoms with van der Waals surface area (Å²) in [7, 11) is 3.24. The highest BCUT2D eigenvalue weighted by Crippen LogP contribution is 2.34. The number of nitrogens with one attached hydrogen (secondary N) is 2. The minimum Gasteiger partial charge on any atom is -0.497 e. The molecule has 0 fully saturated rings. The number of amides is 1. The van der Waals surface area contributed by atoms with Gasteiger partial charge in [0.25, 0.3) is 0 Å². The number of carboxylic acid groups (broad SMARTS) is 1. The Kier molecular flexibility index (Phi) is 8.37. The van der Waals surface area contributed by atoms with Crippen LogP contribution < -0.4 is 14.8 Å². The Hall–Kier alpha value is -3.95. The lowest BCUT2D eigenvalue weighted by atomic mass is 10.0. The van der Waals surface area contributed by atoms with Crippen LogP contribution in [0, 0.1) is 0 Å². The summed E-state index contributed by atoms with van der Waals surface area (Å²) in [5.74, 6) is 0.568. The quantitative estimate of drug-likeness (QED) is 0.205. The number of halogens is 1. The van der Waals surface area contributed by atoms with Crippen LogP contribution in [0.15, 0.2) is 71.9 Å². The van der Waals surface area contributed by atoms with Gasteiger partial charge in [0.05, 0.1) is 41.9 Å². The van der Waals surface area contributed by atoms with E-state index in [1.165, 1.54) is 30.0 Å². The van der Waals surface area contributed by atoms with Gasteiger partial charge in [-0.05, 0) is 66.7 Å². The lowest BCUT2D eigenvalue weighted by Gasteiger charge is -2.08. The Balaban J connectivity index is 1.49. The lowest BCUT2D eigenvalue weighted by Crippen LogP contribution is -2.13. The molecule has 4 rings (SSSR count). The fourth-order valence-electron chi connectivity index (χ4n) is 3.55. The largest absolute Gasteiger partial charge is 0.497 e. The average molecular weight is 538 g/mol. The predicted octanol–water partition coefficient (Wildman–Crippen LogP) is 6.23. The second-order valence-corrected chi connectivity index (χ2v) is 9.36. The SMILES string of the molecule is COc1ccc(-c2nc(SCCC(=O)Nc3cc(C(=O)O)ccc3Cl)[nH]c2-c2ccc(OC)cc2)cc1. The summed E-state index contributed by atoms with van der Waals surface area (Å²) in [6, 6.07) is 19.5. The molecule has 1 aromatic heterocycles. The number of thioether (sulfide) groups is 1. The summed E-state index contributed by atoms with van der Waals surface area (Å²) in [4.78, 5) is 31.9. The van der Waals surface area contributed by atoms with Crippen molar-refractivity contribution in [3.63, 3.8) is 0 Å². The van der Waals surface area contributed by atoms with Gasteiger partial charge in [0.15, 0.2) is 5.16 Å². The molecule has 4 aromatic rings. The number of anilines is 1. The Morgan fingerprint density at radius 3 is 2.19 bits per heavy atom. The number of nitrogens with zero attached hydrogens (tertiary/aromatic N) is 1. The van der Waals surface area contributed by atoms with E-state index in [1.807, 2.05) is 48.5 Å². The predicted molar refractivity (Wildman–Crippen MR) is 145 cm³/mol. The van der Waals surface area contributed by atoms with Crippen molar-refractivity contribution in [3.8, 4) is 34.0 Å². The van der Waals surface area contributed by atoms with Crippen LogP contribution in [0.1, 0.15) is 16.8 Å². The maximum absolute atomic E-state index is 12.5. The van der Waals surface area contributed by atoms with Crippen LogP contribution >= 0.6 is 23.4 Å². The van der Waals surface area contributed by atoms with Gasteiger partial charge in [0.1, 0.15) is 11.5 Å². The van der Waals surface area contributed by atoms with Crippen molar-refractivity contribution in [3.05, 3.63) is 77.3 Å². The molecule has 1 amide bonds. The van der Waals surface area contributed by atoms with E-state index in [1.54, 1.807) is 14.2 Å². The number of aromatic nitrogens is 2. The number of rotatable bonds is 10. The molecule has 3 aromatic carbocycles. The standard InChI is InChI=1S/C27H24ClN3O5S/c1-35-19-8-3-16(4-9-19)24-25(17-5-10-20(36-2)11-6-17)31-27(30-24)37-14-13-23(32)29-22-15-18(26(33)34)7-12-21(22)28/h3-12,15H,13-14H2,1-2H3,(H,29,32)(H,30,31)(H,33,34). The lowest BCUT2D eigenvalue weighted by molar-refractivity contribution is -0.115. The molecule has 0 aliphatic heterocycles. The van der Waals surface area contributed by atoms with E-state index in [0.717, 1.165) is 34.0 Å². The zero-order chi connectivity index (χ0) is 26.4. The number of hydrogen-bond acceptors (Lipinski definition) is 6. The first-order valence-corrected chi connectivity index (χ1v) is 12.6. The van der Waals surface area contributed by atoms with Crippen molar-refractivity contribution in [1.82, 2.24) is 9.97 Å². The van der Waals surface area contributed by atoms with Crippen LogP contribution in [-0.4, -0.2) is 46.9 Å². The highest BCUT2D eigenvalue weighted by molar-refractivity contribution is 7.99. The van der Waals surface area contributed by atoms with Crippen LogP contribution in [0.2, 0.25) is 5.02 Å². The van der Waals surface area contributed by atoms with Crippen LogP contribution in [-0.2, 0) is 4.79 Å². The van der Waals surface area contributed by atoms with E-state index in [0.29, 0.717) is 10.9 Å². The third-order valence-electron chi connectivity index (χ3n) is 5.48. The molecule has 0 bridgehead atoms. The van der Waals surface area contributed by atoms with Gasteiger partial charge in [0.2, 0.25) is 5.91 Å². The summed E-state index contributed by atoms with van der Waals surface area (Å²) in [5, 5.41) is 12.8. The molecule has 10 heteroatoms. The Morgan fingerprint density at radius 2 is 1.59 bits per heavy atom. The summed E-state index contributed by atoms with van der Waals surface area (Å²) >= 11 is 7.51. The monoisotopic (exact) mass is 537 g/mol. The molecule has 0 spiro atoms. The molecule has 0 saturated heterocycles. The summed E-state index contributed by atoms with van der Waals surface area (Å²) in [6.45, 7) is 0. The molecule has 0 saturated carbocycles. The molecule has 0 aliphatic carbocycles. The van der Waals surface area contributed by atoms with Crippen LogP contribution in [0.4, 0.5) is 5.69 Å². The molecule has 8 nitrogen and oxygen atoms in total. The van der Waals surface area contributed by atoms with Crippen molar-refractivity contribution < 1.29 is 24.2 Å². The van der Waals surface area contributed by atoms with Gasteiger partial charge in [-0.3, -0.25) is 4.79 Å². The second-order valence-electron chi connectivity index (χ2n) is 7.87. The number of hydrogen-bond donors (Lipinski definition) is 3. The van der Waals surface area contributed by atoms with Gasteiger partial charge in [-0.1, -0.05) is 23.4 Å². The summed E-state index contributed by atoms with van der Waals surface area (Å²) in [6.07, 6.45) is 0.175. The first-order chi connectivity index (χ1) is 17.9. The molecular weight excluding hydrogens is 514 g/mol. The zero-order valence-corrected chi connectivity index (χ0v) is 21.7. The van der Waals surface area contributed by atoms with E-state index in [2.05, 4.69) is 10.3 Å². The van der Waals surface area contributed by atoms with Crippen molar-refractivity contribution in [1.29, 1.82) is 0 Å². The van der Waals surface area contributed by atoms with Gasteiger partial charge in [0, 0.05) is 23.3 Å². The fourth-order valence-corrected chi connectivity index (χ4v) is 4.53. The van der Waals surface area contributed by atoms with Crippen molar-refractivity contribution in [2.75, 3.05) is 25.3 Å². The highest BCUT2D eigenvalue weighted by Gasteiger charge is 2.16. The number of benzene rings is 3. The smallest absolute Gasteiger partial charge is 0.335 e. The third-order valence-corrected chi connectivity index (χ3v) is 6.68. The van der Waals surface area contributed by atoms with Crippen molar-refractivity contribution in [2.24, 2.45) is 0 Å². The number of aromatic amines is 1. The minimum absolute atomic E-state index is 0.0433. The normalized spacial score (nSPS) is 10.7. The summed E-state index contributed by atoms with van der Waals surface area (Å²) < 4.78 is 10.5.